The van der Waals surface area contributed by atoms with Crippen LogP contribution in [-0.2, 0) is 11.2 Å². The molecular weight excluding hydrogens is 314 g/mol. The van der Waals surface area contributed by atoms with Gasteiger partial charge in [0.05, 0.1) is 7.11 Å². The van der Waals surface area contributed by atoms with Gasteiger partial charge in [0.25, 0.3) is 5.91 Å². The number of nitrogens with one attached hydrogen (secondary N) is 1. The standard InChI is InChI=1S/C21H27NO3/c1-4-20(25-19-12-8-11-18(15-19)24-3)21(23)22-16(2)13-14-17-9-6-5-7-10-17/h5-12,15-16,20H,4,13-14H2,1-3H3,(H,22,23)/t16-,20-/m0/s1. The summed E-state index contributed by atoms with van der Waals surface area (Å²) in [7, 11) is 1.61. The summed E-state index contributed by atoms with van der Waals surface area (Å²) in [6, 6.07) is 17.7. The molecule has 2 atom stereocenters. The van der Waals surface area contributed by atoms with E-state index in [-0.39, 0.29) is 11.9 Å². The number of benzene rings is 2. The maximum absolute atomic E-state index is 12.5. The van der Waals surface area contributed by atoms with Crippen LogP contribution in [0.2, 0.25) is 0 Å². The van der Waals surface area contributed by atoms with Gasteiger partial charge in [-0.05, 0) is 43.9 Å². The van der Waals surface area contributed by atoms with Crippen LogP contribution in [-0.4, -0.2) is 25.2 Å². The van der Waals surface area contributed by atoms with Crippen molar-refractivity contribution in [3.05, 3.63) is 60.2 Å². The molecule has 2 aromatic rings. The number of methoxy groups -OCH3 is 1. The second-order valence-electron chi connectivity index (χ2n) is 6.13. The van der Waals surface area contributed by atoms with E-state index in [9.17, 15) is 4.79 Å². The van der Waals surface area contributed by atoms with Gasteiger partial charge in [0, 0.05) is 12.1 Å². The van der Waals surface area contributed by atoms with E-state index >= 15 is 0 Å². The molecule has 0 saturated carbocycles. The molecule has 0 aliphatic rings. The molecule has 0 fully saturated rings. The van der Waals surface area contributed by atoms with Crippen LogP contribution < -0.4 is 14.8 Å². The van der Waals surface area contributed by atoms with Crippen LogP contribution in [0.4, 0.5) is 0 Å². The van der Waals surface area contributed by atoms with E-state index in [0.717, 1.165) is 12.8 Å². The van der Waals surface area contributed by atoms with Crippen molar-refractivity contribution in [3.63, 3.8) is 0 Å². The van der Waals surface area contributed by atoms with Gasteiger partial charge in [-0.3, -0.25) is 4.79 Å². The van der Waals surface area contributed by atoms with Gasteiger partial charge in [0.15, 0.2) is 6.10 Å². The first-order valence-electron chi connectivity index (χ1n) is 8.77. The van der Waals surface area contributed by atoms with Crippen molar-refractivity contribution in [1.82, 2.24) is 5.32 Å². The molecule has 0 saturated heterocycles. The zero-order valence-corrected chi connectivity index (χ0v) is 15.2. The van der Waals surface area contributed by atoms with Gasteiger partial charge in [0.1, 0.15) is 11.5 Å². The molecule has 4 nitrogen and oxygen atoms in total. The number of hydrogen-bond acceptors (Lipinski definition) is 3. The minimum Gasteiger partial charge on any atom is -0.497 e. The first kappa shape index (κ1) is 18.8. The second kappa shape index (κ2) is 9.72. The molecule has 0 radical (unpaired) electrons. The highest BCUT2D eigenvalue weighted by molar-refractivity contribution is 5.81. The smallest absolute Gasteiger partial charge is 0.261 e. The van der Waals surface area contributed by atoms with E-state index in [0.29, 0.717) is 17.9 Å². The first-order chi connectivity index (χ1) is 12.1. The Morgan fingerprint density at radius 1 is 1.08 bits per heavy atom. The predicted octanol–water partition coefficient (Wildman–Crippen LogP) is 3.99. The van der Waals surface area contributed by atoms with Crippen LogP contribution in [0, 0.1) is 0 Å². The summed E-state index contributed by atoms with van der Waals surface area (Å²) >= 11 is 0. The summed E-state index contributed by atoms with van der Waals surface area (Å²) in [5.74, 6) is 1.27. The topological polar surface area (TPSA) is 47.6 Å². The summed E-state index contributed by atoms with van der Waals surface area (Å²) in [5.41, 5.74) is 1.28. The molecule has 0 unspecified atom stereocenters. The van der Waals surface area contributed by atoms with Crippen LogP contribution in [0.5, 0.6) is 11.5 Å². The van der Waals surface area contributed by atoms with Gasteiger partial charge < -0.3 is 14.8 Å². The zero-order chi connectivity index (χ0) is 18.1. The van der Waals surface area contributed by atoms with E-state index in [4.69, 9.17) is 9.47 Å². The Morgan fingerprint density at radius 3 is 2.48 bits per heavy atom. The number of amides is 1. The van der Waals surface area contributed by atoms with Crippen molar-refractivity contribution in [2.75, 3.05) is 7.11 Å². The molecule has 4 heteroatoms. The normalized spacial score (nSPS) is 12.9. The summed E-state index contributed by atoms with van der Waals surface area (Å²) in [6.45, 7) is 3.97. The van der Waals surface area contributed by atoms with Gasteiger partial charge in [-0.1, -0.05) is 43.3 Å². The Kier molecular flexibility index (Phi) is 7.33. The molecule has 0 aliphatic heterocycles. The minimum absolute atomic E-state index is 0.0779. The fraction of sp³-hybridized carbons (Fsp3) is 0.381. The number of rotatable bonds is 9. The lowest BCUT2D eigenvalue weighted by molar-refractivity contribution is -0.128. The predicted molar refractivity (Wildman–Crippen MR) is 100 cm³/mol. The second-order valence-corrected chi connectivity index (χ2v) is 6.13. The minimum atomic E-state index is -0.508. The number of ether oxygens (including phenoxy) is 2. The molecule has 2 aromatic carbocycles. The van der Waals surface area contributed by atoms with E-state index in [1.165, 1.54) is 5.56 Å². The molecule has 1 N–H and O–H groups in total. The highest BCUT2D eigenvalue weighted by Gasteiger charge is 2.20. The molecule has 0 heterocycles. The molecule has 0 bridgehead atoms. The monoisotopic (exact) mass is 341 g/mol. The van der Waals surface area contributed by atoms with Gasteiger partial charge in [0.2, 0.25) is 0 Å². The van der Waals surface area contributed by atoms with Crippen molar-refractivity contribution in [3.8, 4) is 11.5 Å². The average molecular weight is 341 g/mol. The number of hydrogen-bond donors (Lipinski definition) is 1. The van der Waals surface area contributed by atoms with Gasteiger partial charge in [-0.25, -0.2) is 0 Å². The van der Waals surface area contributed by atoms with Gasteiger partial charge in [-0.2, -0.15) is 0 Å². The molecular formula is C21H27NO3. The third-order valence-corrected chi connectivity index (χ3v) is 4.08. The fourth-order valence-corrected chi connectivity index (χ4v) is 2.60. The lowest BCUT2D eigenvalue weighted by Crippen LogP contribution is -2.42. The zero-order valence-electron chi connectivity index (χ0n) is 15.2. The highest BCUT2D eigenvalue weighted by Crippen LogP contribution is 2.20. The van der Waals surface area contributed by atoms with Crippen LogP contribution in [0.3, 0.4) is 0 Å². The molecule has 25 heavy (non-hydrogen) atoms. The SMILES string of the molecule is CC[C@H](Oc1cccc(OC)c1)C(=O)N[C@@H](C)CCc1ccccc1. The maximum Gasteiger partial charge on any atom is 0.261 e. The Labute approximate surface area is 150 Å². The number of carbonyl (C=O) groups excluding carboxylic acids is 1. The van der Waals surface area contributed by atoms with Crippen molar-refractivity contribution in [1.29, 1.82) is 0 Å². The molecule has 0 spiro atoms. The van der Waals surface area contributed by atoms with Gasteiger partial charge in [-0.15, -0.1) is 0 Å². The van der Waals surface area contributed by atoms with Crippen molar-refractivity contribution < 1.29 is 14.3 Å². The quantitative estimate of drug-likeness (QED) is 0.750. The average Bonchev–Trinajstić information content (AvgIpc) is 2.65. The Morgan fingerprint density at radius 2 is 1.80 bits per heavy atom. The van der Waals surface area contributed by atoms with Crippen molar-refractivity contribution >= 4 is 5.91 Å². The van der Waals surface area contributed by atoms with Crippen molar-refractivity contribution in [2.24, 2.45) is 0 Å². The lowest BCUT2D eigenvalue weighted by Gasteiger charge is -2.21. The molecule has 1 amide bonds. The van der Waals surface area contributed by atoms with E-state index in [2.05, 4.69) is 17.4 Å². The van der Waals surface area contributed by atoms with Crippen LogP contribution in [0.25, 0.3) is 0 Å². The van der Waals surface area contributed by atoms with Crippen LogP contribution >= 0.6 is 0 Å². The third kappa shape index (κ3) is 6.14. The van der Waals surface area contributed by atoms with Crippen LogP contribution in [0.1, 0.15) is 32.3 Å². The van der Waals surface area contributed by atoms with E-state index < -0.39 is 6.10 Å². The Hall–Kier alpha value is -2.49. The van der Waals surface area contributed by atoms with Crippen LogP contribution in [0.15, 0.2) is 54.6 Å². The molecule has 2 rings (SSSR count). The van der Waals surface area contributed by atoms with Gasteiger partial charge >= 0.3 is 0 Å². The first-order valence-corrected chi connectivity index (χ1v) is 8.77. The summed E-state index contributed by atoms with van der Waals surface area (Å²) in [5, 5.41) is 3.05. The largest absolute Gasteiger partial charge is 0.497 e. The van der Waals surface area contributed by atoms with E-state index in [1.54, 1.807) is 13.2 Å². The molecule has 0 aromatic heterocycles. The summed E-state index contributed by atoms with van der Waals surface area (Å²) < 4.78 is 11.0. The fourth-order valence-electron chi connectivity index (χ4n) is 2.60. The lowest BCUT2D eigenvalue weighted by atomic mass is 10.1. The number of aryl methyl sites for hydroxylation is 1. The highest BCUT2D eigenvalue weighted by atomic mass is 16.5. The molecule has 0 aliphatic carbocycles. The van der Waals surface area contributed by atoms with Crippen molar-refractivity contribution in [2.45, 2.75) is 45.3 Å². The summed E-state index contributed by atoms with van der Waals surface area (Å²) in [6.07, 6.45) is 1.93. The third-order valence-electron chi connectivity index (χ3n) is 4.08. The summed E-state index contributed by atoms with van der Waals surface area (Å²) in [4.78, 5) is 12.5. The number of carbonyl (C=O) groups is 1. The maximum atomic E-state index is 12.5. The molecule has 134 valence electrons. The Bertz CT molecular complexity index is 657. The van der Waals surface area contributed by atoms with E-state index in [1.807, 2.05) is 50.2 Å². The Balaban J connectivity index is 1.85.